The van der Waals surface area contributed by atoms with Crippen molar-refractivity contribution in [2.75, 3.05) is 0 Å². The van der Waals surface area contributed by atoms with Crippen molar-refractivity contribution in [3.8, 4) is 0 Å². The molecule has 2 nitrogen and oxygen atoms in total. The van der Waals surface area contributed by atoms with Gasteiger partial charge < -0.3 is 10.2 Å². The van der Waals surface area contributed by atoms with Crippen molar-refractivity contribution < 1.29 is 10.2 Å². The van der Waals surface area contributed by atoms with Crippen LogP contribution >= 0.6 is 0 Å². The van der Waals surface area contributed by atoms with E-state index >= 15 is 0 Å². The average molecular weight is 399 g/mol. The minimum absolute atomic E-state index is 0.382. The Morgan fingerprint density at radius 3 is 2.41 bits per heavy atom. The molecule has 3 fully saturated rings. The predicted octanol–water partition coefficient (Wildman–Crippen LogP) is 6.51. The van der Waals surface area contributed by atoms with Crippen LogP contribution < -0.4 is 0 Å². The molecule has 0 unspecified atom stereocenters. The average Bonchev–Trinajstić information content (AvgIpc) is 3.00. The summed E-state index contributed by atoms with van der Waals surface area (Å²) in [6.07, 6.45) is 17.0. The fourth-order valence-corrected chi connectivity index (χ4v) is 6.27. The number of rotatable bonds is 4. The maximum absolute atomic E-state index is 9.97. The van der Waals surface area contributed by atoms with E-state index < -0.39 is 0 Å². The van der Waals surface area contributed by atoms with E-state index in [-0.39, 0.29) is 12.2 Å². The quantitative estimate of drug-likeness (QED) is 0.530. The Hall–Kier alpha value is -1.12. The van der Waals surface area contributed by atoms with Crippen molar-refractivity contribution >= 4 is 0 Å². The van der Waals surface area contributed by atoms with E-state index in [1.165, 1.54) is 48.8 Å². The van der Waals surface area contributed by atoms with Gasteiger partial charge in [0, 0.05) is 0 Å². The summed E-state index contributed by atoms with van der Waals surface area (Å²) in [6.45, 7) is 11.5. The van der Waals surface area contributed by atoms with E-state index in [0.29, 0.717) is 23.7 Å². The molecule has 0 saturated heterocycles. The Bertz CT molecular complexity index is 694. The molecule has 0 aromatic carbocycles. The van der Waals surface area contributed by atoms with Gasteiger partial charge in [0.2, 0.25) is 0 Å². The van der Waals surface area contributed by atoms with Crippen molar-refractivity contribution in [2.24, 2.45) is 23.2 Å². The third-order valence-electron chi connectivity index (χ3n) is 8.18. The van der Waals surface area contributed by atoms with E-state index in [1.807, 2.05) is 0 Å². The molecule has 0 aromatic rings. The summed E-state index contributed by atoms with van der Waals surface area (Å²) >= 11 is 0. The number of hydrogen-bond donors (Lipinski definition) is 2. The van der Waals surface area contributed by atoms with Gasteiger partial charge in [-0.1, -0.05) is 60.4 Å². The molecule has 3 aliphatic carbocycles. The zero-order valence-corrected chi connectivity index (χ0v) is 19.2. The van der Waals surface area contributed by atoms with E-state index in [0.717, 1.165) is 18.8 Å². The molecule has 3 saturated carbocycles. The van der Waals surface area contributed by atoms with Crippen LogP contribution in [0.3, 0.4) is 0 Å². The van der Waals surface area contributed by atoms with Crippen molar-refractivity contribution in [1.82, 2.24) is 0 Å². The van der Waals surface area contributed by atoms with Gasteiger partial charge >= 0.3 is 0 Å². The summed E-state index contributed by atoms with van der Waals surface area (Å²) < 4.78 is 0. The lowest BCUT2D eigenvalue weighted by atomic mass is 9.61. The van der Waals surface area contributed by atoms with E-state index in [4.69, 9.17) is 0 Å². The summed E-state index contributed by atoms with van der Waals surface area (Å²) in [6, 6.07) is 0. The molecule has 0 bridgehead atoms. The van der Waals surface area contributed by atoms with Crippen LogP contribution in [0, 0.1) is 23.2 Å². The molecule has 0 heterocycles. The van der Waals surface area contributed by atoms with Crippen molar-refractivity contribution in [2.45, 2.75) is 98.2 Å². The highest BCUT2D eigenvalue weighted by molar-refractivity contribution is 5.27. The normalized spacial score (nSPS) is 37.6. The third kappa shape index (κ3) is 5.14. The number of aliphatic hydroxyl groups is 2. The highest BCUT2D eigenvalue weighted by atomic mass is 16.3. The maximum atomic E-state index is 9.97. The molecule has 3 rings (SSSR count). The number of aliphatic hydroxyl groups excluding tert-OH is 2. The zero-order valence-electron chi connectivity index (χ0n) is 19.2. The van der Waals surface area contributed by atoms with Gasteiger partial charge in [-0.25, -0.2) is 0 Å². The number of allylic oxidation sites excluding steroid dienone is 7. The SMILES string of the molecule is CC(C)=C(C)/C=C/[C@@H](C)[C@H]1CC[C@H]2C(=CC=C3C[C@@H](O)C[C@H](O)C3)CCC[C@]12C. The van der Waals surface area contributed by atoms with Gasteiger partial charge in [-0.2, -0.15) is 0 Å². The monoisotopic (exact) mass is 398 g/mol. The Morgan fingerprint density at radius 1 is 1.07 bits per heavy atom. The Kier molecular flexibility index (Phi) is 7.27. The first-order chi connectivity index (χ1) is 13.7. The Balaban J connectivity index is 1.75. The maximum Gasteiger partial charge on any atom is 0.0602 e. The van der Waals surface area contributed by atoms with Gasteiger partial charge in [0.05, 0.1) is 12.2 Å². The molecular formula is C27H42O2. The van der Waals surface area contributed by atoms with Gasteiger partial charge in [-0.05, 0) is 95.3 Å². The highest BCUT2D eigenvalue weighted by Crippen LogP contribution is 2.59. The molecule has 29 heavy (non-hydrogen) atoms. The summed E-state index contributed by atoms with van der Waals surface area (Å²) in [5.41, 5.74) is 6.01. The number of hydrogen-bond acceptors (Lipinski definition) is 2. The van der Waals surface area contributed by atoms with Gasteiger partial charge in [-0.3, -0.25) is 0 Å². The molecule has 0 spiro atoms. The van der Waals surface area contributed by atoms with Crippen molar-refractivity contribution in [1.29, 1.82) is 0 Å². The molecule has 2 heteroatoms. The minimum atomic E-state index is -0.382. The molecule has 0 amide bonds. The molecular weight excluding hydrogens is 356 g/mol. The summed E-state index contributed by atoms with van der Waals surface area (Å²) in [4.78, 5) is 0. The highest BCUT2D eigenvalue weighted by Gasteiger charge is 2.50. The van der Waals surface area contributed by atoms with E-state index in [9.17, 15) is 10.2 Å². The van der Waals surface area contributed by atoms with Crippen LogP contribution in [0.4, 0.5) is 0 Å². The fraction of sp³-hybridized carbons (Fsp3) is 0.704. The molecule has 6 atom stereocenters. The van der Waals surface area contributed by atoms with E-state index in [1.54, 1.807) is 5.57 Å². The standard InChI is InChI=1S/C27H42O2/c1-18(2)19(3)8-9-20(4)25-12-13-26-22(7-6-14-27(25,26)5)11-10-21-15-23(28)17-24(29)16-21/h8-11,20,23-26,28-29H,6-7,12-17H2,1-5H3/b9-8+,22-11?/t20-,23-,24-,25-,26+,27-/m1/s1. The second-order valence-corrected chi connectivity index (χ2v) is 10.5. The summed E-state index contributed by atoms with van der Waals surface area (Å²) in [7, 11) is 0. The van der Waals surface area contributed by atoms with Gasteiger partial charge in [0.1, 0.15) is 0 Å². The van der Waals surface area contributed by atoms with Crippen LogP contribution in [0.25, 0.3) is 0 Å². The second-order valence-electron chi connectivity index (χ2n) is 10.5. The summed E-state index contributed by atoms with van der Waals surface area (Å²) in [5.74, 6) is 2.06. The molecule has 0 aliphatic heterocycles. The van der Waals surface area contributed by atoms with E-state index in [2.05, 4.69) is 58.9 Å². The second kappa shape index (κ2) is 9.35. The van der Waals surface area contributed by atoms with Gasteiger partial charge in [0.15, 0.2) is 0 Å². The lowest BCUT2D eigenvalue weighted by Gasteiger charge is -2.44. The van der Waals surface area contributed by atoms with Gasteiger partial charge in [0.25, 0.3) is 0 Å². The zero-order chi connectivity index (χ0) is 21.2. The molecule has 2 N–H and O–H groups in total. The number of fused-ring (bicyclic) bond motifs is 1. The lowest BCUT2D eigenvalue weighted by molar-refractivity contribution is 0.0609. The third-order valence-corrected chi connectivity index (χ3v) is 8.18. The first-order valence-corrected chi connectivity index (χ1v) is 11.8. The van der Waals surface area contributed by atoms with Crippen LogP contribution in [0.5, 0.6) is 0 Å². The Morgan fingerprint density at radius 2 is 1.76 bits per heavy atom. The van der Waals surface area contributed by atoms with Crippen LogP contribution in [0.15, 0.2) is 46.6 Å². The molecule has 162 valence electrons. The van der Waals surface area contributed by atoms with Crippen molar-refractivity contribution in [3.05, 3.63) is 46.6 Å². The first-order valence-electron chi connectivity index (χ1n) is 11.8. The molecule has 0 radical (unpaired) electrons. The largest absolute Gasteiger partial charge is 0.393 e. The van der Waals surface area contributed by atoms with Crippen LogP contribution in [0.1, 0.15) is 86.0 Å². The fourth-order valence-electron chi connectivity index (χ4n) is 6.27. The van der Waals surface area contributed by atoms with Crippen molar-refractivity contribution in [3.63, 3.8) is 0 Å². The smallest absolute Gasteiger partial charge is 0.0602 e. The summed E-state index contributed by atoms with van der Waals surface area (Å²) in [5, 5.41) is 19.9. The molecule has 0 aromatic heterocycles. The lowest BCUT2D eigenvalue weighted by Crippen LogP contribution is -2.35. The Labute approximate surface area is 178 Å². The molecule has 3 aliphatic rings. The predicted molar refractivity (Wildman–Crippen MR) is 123 cm³/mol. The van der Waals surface area contributed by atoms with Crippen LogP contribution in [-0.2, 0) is 0 Å². The topological polar surface area (TPSA) is 40.5 Å². The first kappa shape index (κ1) is 22.6. The van der Waals surface area contributed by atoms with Crippen LogP contribution in [0.2, 0.25) is 0 Å². The van der Waals surface area contributed by atoms with Crippen LogP contribution in [-0.4, -0.2) is 22.4 Å². The minimum Gasteiger partial charge on any atom is -0.393 e. The van der Waals surface area contributed by atoms with Gasteiger partial charge in [-0.15, -0.1) is 0 Å².